The van der Waals surface area contributed by atoms with E-state index in [9.17, 15) is 31.9 Å². The summed E-state index contributed by atoms with van der Waals surface area (Å²) in [6, 6.07) is 13.3. The molecule has 8 nitrogen and oxygen atoms in total. The maximum Gasteiger partial charge on any atom is 0.389 e. The van der Waals surface area contributed by atoms with E-state index < -0.39 is 30.7 Å². The molecule has 1 aliphatic heterocycles. The van der Waals surface area contributed by atoms with Gasteiger partial charge in [0.2, 0.25) is 5.71 Å². The summed E-state index contributed by atoms with van der Waals surface area (Å²) in [6.45, 7) is 0.827. The number of carbonyl (C=O) groups is 3. The second-order valence-electron chi connectivity index (χ2n) is 11.6. The molecular formula is C33H29F4N3O5. The number of amides is 2. The molecule has 1 aliphatic carbocycles. The van der Waals surface area contributed by atoms with Crippen molar-refractivity contribution in [2.45, 2.75) is 31.9 Å². The summed E-state index contributed by atoms with van der Waals surface area (Å²) in [4.78, 5) is 44.7. The molecule has 12 heteroatoms. The van der Waals surface area contributed by atoms with E-state index in [2.05, 4.69) is 10.3 Å². The van der Waals surface area contributed by atoms with Gasteiger partial charge < -0.3 is 19.4 Å². The first-order chi connectivity index (χ1) is 21.4. The Morgan fingerprint density at radius 2 is 1.82 bits per heavy atom. The van der Waals surface area contributed by atoms with Gasteiger partial charge >= 0.3 is 12.1 Å². The number of fused-ring (bicyclic) bond motifs is 1. The van der Waals surface area contributed by atoms with Crippen LogP contribution in [0, 0.1) is 17.2 Å². The van der Waals surface area contributed by atoms with E-state index in [-0.39, 0.29) is 51.3 Å². The van der Waals surface area contributed by atoms with Crippen molar-refractivity contribution in [1.29, 1.82) is 0 Å². The Hall–Kier alpha value is -4.74. The summed E-state index contributed by atoms with van der Waals surface area (Å²) in [5.41, 5.74) is 1.29. The predicted molar refractivity (Wildman–Crippen MR) is 156 cm³/mol. The molecule has 2 fully saturated rings. The number of furan rings is 1. The molecule has 234 valence electrons. The molecule has 2 aromatic heterocycles. The average molecular weight is 624 g/mol. The molecule has 1 unspecified atom stereocenters. The Labute approximate surface area is 255 Å². The van der Waals surface area contributed by atoms with Crippen LogP contribution in [0.3, 0.4) is 0 Å². The van der Waals surface area contributed by atoms with Gasteiger partial charge in [-0.25, -0.2) is 9.37 Å². The van der Waals surface area contributed by atoms with Crippen LogP contribution in [0.15, 0.2) is 59.0 Å². The van der Waals surface area contributed by atoms with Crippen LogP contribution < -0.4 is 5.32 Å². The van der Waals surface area contributed by atoms with Crippen molar-refractivity contribution in [3.05, 3.63) is 77.2 Å². The van der Waals surface area contributed by atoms with Crippen LogP contribution in [0.1, 0.15) is 45.7 Å². The minimum atomic E-state index is -4.46. The number of alkyl halides is 3. The van der Waals surface area contributed by atoms with Gasteiger partial charge in [0.1, 0.15) is 11.6 Å². The van der Waals surface area contributed by atoms with Crippen molar-refractivity contribution < 1.29 is 41.1 Å². The molecule has 6 rings (SSSR count). The lowest BCUT2D eigenvalue weighted by atomic mass is 9.55. The smallest absolute Gasteiger partial charge is 0.389 e. The summed E-state index contributed by atoms with van der Waals surface area (Å²) >= 11 is 0. The molecule has 45 heavy (non-hydrogen) atoms. The molecule has 2 aliphatic rings. The largest absolute Gasteiger partial charge is 0.469 e. The van der Waals surface area contributed by atoms with Gasteiger partial charge in [0, 0.05) is 48.7 Å². The molecule has 0 radical (unpaired) electrons. The number of aromatic nitrogens is 1. The van der Waals surface area contributed by atoms with Crippen molar-refractivity contribution in [3.8, 4) is 22.5 Å². The number of nitrogens with one attached hydrogen (secondary N) is 1. The molecule has 3 heterocycles. The number of esters is 1. The number of rotatable bonds is 7. The number of hydrogen-bond acceptors (Lipinski definition) is 6. The maximum atomic E-state index is 13.6. The zero-order valence-electron chi connectivity index (χ0n) is 24.5. The summed E-state index contributed by atoms with van der Waals surface area (Å²) in [5, 5.41) is 2.80. The number of ether oxygens (including phenoxy) is 1. The average Bonchev–Trinajstić information content (AvgIpc) is 3.36. The van der Waals surface area contributed by atoms with E-state index in [1.165, 1.54) is 38.4 Å². The second kappa shape index (κ2) is 11.3. The number of carbonyl (C=O) groups excluding carboxylic acids is 3. The Morgan fingerprint density at radius 3 is 2.44 bits per heavy atom. The van der Waals surface area contributed by atoms with E-state index in [1.807, 2.05) is 0 Å². The van der Waals surface area contributed by atoms with E-state index in [4.69, 9.17) is 9.15 Å². The quantitative estimate of drug-likeness (QED) is 0.195. The maximum absolute atomic E-state index is 13.6. The third-order valence-electron chi connectivity index (χ3n) is 8.84. The summed E-state index contributed by atoms with van der Waals surface area (Å²) in [7, 11) is 2.77. The van der Waals surface area contributed by atoms with E-state index in [0.29, 0.717) is 35.3 Å². The minimum absolute atomic E-state index is 0.0485. The fourth-order valence-corrected chi connectivity index (χ4v) is 6.36. The third kappa shape index (κ3) is 5.53. The second-order valence-corrected chi connectivity index (χ2v) is 11.6. The Balaban J connectivity index is 1.40. The van der Waals surface area contributed by atoms with E-state index >= 15 is 0 Å². The van der Waals surface area contributed by atoms with Crippen molar-refractivity contribution in [2.24, 2.45) is 11.3 Å². The van der Waals surface area contributed by atoms with Gasteiger partial charge in [-0.05, 0) is 67.3 Å². The number of nitrogens with zero attached hydrogens (tertiary/aromatic N) is 2. The molecule has 1 saturated carbocycles. The molecule has 2 aromatic carbocycles. The van der Waals surface area contributed by atoms with Gasteiger partial charge in [-0.15, -0.1) is 0 Å². The standard InChI is InChI=1S/C33H29F4N3O5/c1-38-28(41)26-23-15-22(25(11-13-33(35,36)37)39-29(23)45-27(26)18-6-8-21(34)9-7-18)19-4-3-5-20(14-19)30(42)40-16-32(17-40)12-10-24(32)31(43)44-2/h3-9,14-15,24H,10-13,16-17H2,1-2H3,(H,38,41). The highest BCUT2D eigenvalue weighted by molar-refractivity contribution is 6.11. The van der Waals surface area contributed by atoms with Gasteiger partial charge in [0.05, 0.1) is 29.7 Å². The Kier molecular flexibility index (Phi) is 7.62. The highest BCUT2D eigenvalue weighted by atomic mass is 19.4. The van der Waals surface area contributed by atoms with Crippen LogP contribution in [0.2, 0.25) is 0 Å². The van der Waals surface area contributed by atoms with Gasteiger partial charge in [0.25, 0.3) is 11.8 Å². The lowest BCUT2D eigenvalue weighted by Crippen LogP contribution is -2.67. The lowest BCUT2D eigenvalue weighted by Gasteiger charge is -2.59. The highest BCUT2D eigenvalue weighted by Crippen LogP contribution is 2.53. The van der Waals surface area contributed by atoms with Crippen LogP contribution in [0.25, 0.3) is 33.6 Å². The molecular weight excluding hydrogens is 594 g/mol. The van der Waals surface area contributed by atoms with E-state index in [1.54, 1.807) is 35.2 Å². The fourth-order valence-electron chi connectivity index (χ4n) is 6.36. The Morgan fingerprint density at radius 1 is 1.09 bits per heavy atom. The monoisotopic (exact) mass is 623 g/mol. The van der Waals surface area contributed by atoms with Crippen LogP contribution in [0.5, 0.6) is 0 Å². The zero-order chi connectivity index (χ0) is 32.1. The van der Waals surface area contributed by atoms with Crippen molar-refractivity contribution in [3.63, 3.8) is 0 Å². The predicted octanol–water partition coefficient (Wildman–Crippen LogP) is 6.18. The SMILES string of the molecule is CNC(=O)c1c(-c2ccc(F)cc2)oc2nc(CCC(F)(F)F)c(-c3cccc(C(=O)N4CC5(CCC5C(=O)OC)C4)c3)cc12. The minimum Gasteiger partial charge on any atom is -0.469 e. The van der Waals surface area contributed by atoms with Gasteiger partial charge in [0.15, 0.2) is 0 Å². The number of halogens is 4. The molecule has 1 N–H and O–H groups in total. The summed E-state index contributed by atoms with van der Waals surface area (Å²) in [6.07, 6.45) is -4.54. The molecule has 4 aromatic rings. The van der Waals surface area contributed by atoms with Crippen LogP contribution in [-0.4, -0.2) is 61.1 Å². The van der Waals surface area contributed by atoms with Gasteiger partial charge in [-0.3, -0.25) is 14.4 Å². The molecule has 2 amide bonds. The number of aryl methyl sites for hydroxylation is 1. The molecule has 0 bridgehead atoms. The number of methoxy groups -OCH3 is 1. The zero-order valence-corrected chi connectivity index (χ0v) is 24.5. The van der Waals surface area contributed by atoms with Gasteiger partial charge in [-0.2, -0.15) is 13.2 Å². The summed E-state index contributed by atoms with van der Waals surface area (Å²) < 4.78 is 64.5. The molecule has 1 saturated heterocycles. The topological polar surface area (TPSA) is 102 Å². The molecule has 1 spiro atoms. The van der Waals surface area contributed by atoms with Crippen LogP contribution >= 0.6 is 0 Å². The van der Waals surface area contributed by atoms with Crippen molar-refractivity contribution in [1.82, 2.24) is 15.2 Å². The van der Waals surface area contributed by atoms with Crippen molar-refractivity contribution >= 4 is 28.9 Å². The molecule has 1 atom stereocenters. The number of hydrogen-bond donors (Lipinski definition) is 1. The third-order valence-corrected chi connectivity index (χ3v) is 8.84. The number of benzene rings is 2. The lowest BCUT2D eigenvalue weighted by molar-refractivity contribution is -0.170. The normalized spacial score (nSPS) is 17.1. The summed E-state index contributed by atoms with van der Waals surface area (Å²) in [5.74, 6) is -1.71. The van der Waals surface area contributed by atoms with Gasteiger partial charge in [-0.1, -0.05) is 12.1 Å². The fraction of sp³-hybridized carbons (Fsp3) is 0.333. The first-order valence-corrected chi connectivity index (χ1v) is 14.4. The van der Waals surface area contributed by atoms with E-state index in [0.717, 1.165) is 12.8 Å². The number of pyridine rings is 1. The van der Waals surface area contributed by atoms with Crippen LogP contribution in [0.4, 0.5) is 17.6 Å². The number of likely N-dealkylation sites (tertiary alicyclic amines) is 1. The highest BCUT2D eigenvalue weighted by Gasteiger charge is 2.59. The Bertz CT molecular complexity index is 1810. The van der Waals surface area contributed by atoms with Crippen LogP contribution in [-0.2, 0) is 16.0 Å². The first-order valence-electron chi connectivity index (χ1n) is 14.4. The first kappa shape index (κ1) is 30.3. The van der Waals surface area contributed by atoms with Crippen molar-refractivity contribution in [2.75, 3.05) is 27.2 Å².